The Morgan fingerprint density at radius 3 is 2.30 bits per heavy atom. The number of unbranched alkanes of at least 4 members (excludes halogenated alkanes) is 4. The van der Waals surface area contributed by atoms with E-state index in [1.54, 1.807) is 0 Å². The van der Waals surface area contributed by atoms with E-state index in [9.17, 15) is 9.59 Å². The van der Waals surface area contributed by atoms with Gasteiger partial charge in [-0.2, -0.15) is 0 Å². The van der Waals surface area contributed by atoms with Crippen molar-refractivity contribution in [3.05, 3.63) is 0 Å². The molecule has 1 N–H and O–H groups in total. The van der Waals surface area contributed by atoms with E-state index in [-0.39, 0.29) is 12.3 Å². The number of piperidine rings is 1. The third-order valence-electron chi connectivity index (χ3n) is 4.23. The maximum atomic E-state index is 12.0. The fraction of sp³-hybridized carbons (Fsp3) is 0.875. The van der Waals surface area contributed by atoms with Gasteiger partial charge in [-0.15, -0.1) is 0 Å². The van der Waals surface area contributed by atoms with Crippen LogP contribution < -0.4 is 0 Å². The highest BCUT2D eigenvalue weighted by molar-refractivity contribution is 5.76. The number of amides is 1. The quantitative estimate of drug-likeness (QED) is 0.659. The number of hydrogen-bond donors (Lipinski definition) is 1. The Labute approximate surface area is 122 Å². The van der Waals surface area contributed by atoms with E-state index in [0.29, 0.717) is 12.3 Å². The van der Waals surface area contributed by atoms with Gasteiger partial charge in [0.15, 0.2) is 0 Å². The zero-order chi connectivity index (χ0) is 14.8. The molecule has 0 saturated carbocycles. The Morgan fingerprint density at radius 1 is 1.05 bits per heavy atom. The van der Waals surface area contributed by atoms with Crippen LogP contribution in [-0.2, 0) is 9.59 Å². The predicted molar refractivity (Wildman–Crippen MR) is 79.5 cm³/mol. The fourth-order valence-electron chi connectivity index (χ4n) is 2.84. The number of carbonyl (C=O) groups is 2. The number of carboxylic acid groups (broad SMARTS) is 1. The summed E-state index contributed by atoms with van der Waals surface area (Å²) < 4.78 is 0. The van der Waals surface area contributed by atoms with Crippen molar-refractivity contribution in [1.29, 1.82) is 0 Å². The number of carboxylic acids is 1. The summed E-state index contributed by atoms with van der Waals surface area (Å²) in [6, 6.07) is 0. The van der Waals surface area contributed by atoms with E-state index in [0.717, 1.165) is 45.2 Å². The SMILES string of the molecule is CCCCCCCC(=O)N1CCC(CCC(=O)O)CC1. The van der Waals surface area contributed by atoms with Crippen molar-refractivity contribution < 1.29 is 14.7 Å². The second-order valence-electron chi connectivity index (χ2n) is 5.92. The number of carbonyl (C=O) groups excluding carboxylic acids is 1. The topological polar surface area (TPSA) is 57.6 Å². The smallest absolute Gasteiger partial charge is 0.303 e. The van der Waals surface area contributed by atoms with Gasteiger partial charge in [-0.25, -0.2) is 0 Å². The Hall–Kier alpha value is -1.06. The molecule has 0 bridgehead atoms. The van der Waals surface area contributed by atoms with E-state index in [2.05, 4.69) is 6.92 Å². The van der Waals surface area contributed by atoms with Gasteiger partial charge in [-0.1, -0.05) is 32.6 Å². The standard InChI is InChI=1S/C16H29NO3/c1-2-3-4-5-6-7-15(18)17-12-10-14(11-13-17)8-9-16(19)20/h14H,2-13H2,1H3,(H,19,20). The maximum Gasteiger partial charge on any atom is 0.303 e. The molecular weight excluding hydrogens is 254 g/mol. The molecule has 1 fully saturated rings. The van der Waals surface area contributed by atoms with E-state index in [4.69, 9.17) is 5.11 Å². The lowest BCUT2D eigenvalue weighted by atomic mass is 9.92. The molecule has 0 aliphatic carbocycles. The number of rotatable bonds is 9. The Bertz CT molecular complexity index is 296. The largest absolute Gasteiger partial charge is 0.481 e. The minimum atomic E-state index is -0.712. The van der Waals surface area contributed by atoms with Gasteiger partial charge in [-0.3, -0.25) is 9.59 Å². The van der Waals surface area contributed by atoms with Crippen LogP contribution in [0.15, 0.2) is 0 Å². The Morgan fingerprint density at radius 2 is 1.70 bits per heavy atom. The molecule has 0 atom stereocenters. The summed E-state index contributed by atoms with van der Waals surface area (Å²) >= 11 is 0. The van der Waals surface area contributed by atoms with Gasteiger partial charge in [0.1, 0.15) is 0 Å². The first-order valence-electron chi connectivity index (χ1n) is 8.13. The van der Waals surface area contributed by atoms with Crippen LogP contribution in [0.25, 0.3) is 0 Å². The average Bonchev–Trinajstić information content (AvgIpc) is 2.45. The van der Waals surface area contributed by atoms with Crippen LogP contribution in [0.1, 0.15) is 71.1 Å². The van der Waals surface area contributed by atoms with E-state index < -0.39 is 5.97 Å². The zero-order valence-electron chi connectivity index (χ0n) is 12.8. The first-order valence-corrected chi connectivity index (χ1v) is 8.13. The average molecular weight is 283 g/mol. The summed E-state index contributed by atoms with van der Waals surface area (Å²) in [5, 5.41) is 8.68. The van der Waals surface area contributed by atoms with Crippen molar-refractivity contribution >= 4 is 11.9 Å². The monoisotopic (exact) mass is 283 g/mol. The molecule has 0 unspecified atom stereocenters. The summed E-state index contributed by atoms with van der Waals surface area (Å²) in [5.74, 6) is 0.0634. The number of aliphatic carboxylic acids is 1. The van der Waals surface area contributed by atoms with E-state index in [1.807, 2.05) is 4.90 Å². The van der Waals surface area contributed by atoms with Crippen molar-refractivity contribution in [2.45, 2.75) is 71.1 Å². The third-order valence-corrected chi connectivity index (χ3v) is 4.23. The summed E-state index contributed by atoms with van der Waals surface area (Å²) in [7, 11) is 0. The molecular formula is C16H29NO3. The van der Waals surface area contributed by atoms with Crippen LogP contribution in [0, 0.1) is 5.92 Å². The van der Waals surface area contributed by atoms with Crippen molar-refractivity contribution in [2.24, 2.45) is 5.92 Å². The normalized spacial score (nSPS) is 16.4. The highest BCUT2D eigenvalue weighted by Crippen LogP contribution is 2.22. The maximum absolute atomic E-state index is 12.0. The summed E-state index contributed by atoms with van der Waals surface area (Å²) in [5.41, 5.74) is 0. The number of hydrogen-bond acceptors (Lipinski definition) is 2. The first kappa shape index (κ1) is 17.0. The van der Waals surface area contributed by atoms with Crippen molar-refractivity contribution in [3.8, 4) is 0 Å². The van der Waals surface area contributed by atoms with Gasteiger partial charge in [0.25, 0.3) is 0 Å². The van der Waals surface area contributed by atoms with Crippen molar-refractivity contribution in [2.75, 3.05) is 13.1 Å². The van der Waals surface area contributed by atoms with Crippen molar-refractivity contribution in [3.63, 3.8) is 0 Å². The lowest BCUT2D eigenvalue weighted by Crippen LogP contribution is -2.38. The molecule has 0 aromatic rings. The number of nitrogens with zero attached hydrogens (tertiary/aromatic N) is 1. The molecule has 0 radical (unpaired) electrons. The lowest BCUT2D eigenvalue weighted by molar-refractivity contribution is -0.138. The molecule has 4 heteroatoms. The minimum absolute atomic E-state index is 0.260. The molecule has 0 aromatic heterocycles. The highest BCUT2D eigenvalue weighted by Gasteiger charge is 2.22. The van der Waals surface area contributed by atoms with Crippen LogP contribution >= 0.6 is 0 Å². The molecule has 1 aliphatic heterocycles. The van der Waals surface area contributed by atoms with Gasteiger partial charge in [0.05, 0.1) is 0 Å². The fourth-order valence-corrected chi connectivity index (χ4v) is 2.84. The van der Waals surface area contributed by atoms with Crippen LogP contribution in [-0.4, -0.2) is 35.0 Å². The lowest BCUT2D eigenvalue weighted by Gasteiger charge is -2.32. The van der Waals surface area contributed by atoms with Gasteiger partial charge >= 0.3 is 5.97 Å². The molecule has 116 valence electrons. The van der Waals surface area contributed by atoms with Crippen molar-refractivity contribution in [1.82, 2.24) is 4.90 Å². The Balaban J connectivity index is 2.11. The summed E-state index contributed by atoms with van der Waals surface area (Å²) in [6.07, 6.45) is 9.55. The van der Waals surface area contributed by atoms with E-state index >= 15 is 0 Å². The van der Waals surface area contributed by atoms with Crippen LogP contribution in [0.5, 0.6) is 0 Å². The second-order valence-corrected chi connectivity index (χ2v) is 5.92. The molecule has 1 rings (SSSR count). The van der Waals surface area contributed by atoms with Gasteiger partial charge in [0, 0.05) is 25.9 Å². The number of likely N-dealkylation sites (tertiary alicyclic amines) is 1. The van der Waals surface area contributed by atoms with Gasteiger partial charge in [0.2, 0.25) is 5.91 Å². The molecule has 0 aromatic carbocycles. The van der Waals surface area contributed by atoms with Gasteiger partial charge < -0.3 is 10.0 Å². The molecule has 1 aliphatic rings. The predicted octanol–water partition coefficient (Wildman–Crippen LogP) is 3.45. The van der Waals surface area contributed by atoms with Gasteiger partial charge in [-0.05, 0) is 31.6 Å². The second kappa shape index (κ2) is 9.78. The molecule has 4 nitrogen and oxygen atoms in total. The summed E-state index contributed by atoms with van der Waals surface area (Å²) in [4.78, 5) is 24.5. The van der Waals surface area contributed by atoms with E-state index in [1.165, 1.54) is 19.3 Å². The van der Waals surface area contributed by atoms with Crippen LogP contribution in [0.4, 0.5) is 0 Å². The first-order chi connectivity index (χ1) is 9.63. The molecule has 0 spiro atoms. The van der Waals surface area contributed by atoms with Crippen LogP contribution in [0.3, 0.4) is 0 Å². The molecule has 1 amide bonds. The Kier molecular flexibility index (Phi) is 8.31. The molecule has 1 saturated heterocycles. The minimum Gasteiger partial charge on any atom is -0.481 e. The van der Waals surface area contributed by atoms with Crippen LogP contribution in [0.2, 0.25) is 0 Å². The highest BCUT2D eigenvalue weighted by atomic mass is 16.4. The molecule has 20 heavy (non-hydrogen) atoms. The summed E-state index contributed by atoms with van der Waals surface area (Å²) in [6.45, 7) is 3.83. The third kappa shape index (κ3) is 6.92. The molecule has 1 heterocycles. The zero-order valence-corrected chi connectivity index (χ0v) is 12.8.